The minimum absolute atomic E-state index is 0.0419. The van der Waals surface area contributed by atoms with Crippen LogP contribution in [0, 0.1) is 0 Å². The Hall–Kier alpha value is -3.54. The van der Waals surface area contributed by atoms with Crippen LogP contribution in [-0.4, -0.2) is 75.5 Å². The zero-order valence-corrected chi connectivity index (χ0v) is 19.4. The van der Waals surface area contributed by atoms with E-state index in [1.807, 2.05) is 4.90 Å². The number of hydrogen-bond donors (Lipinski definition) is 3. The zero-order chi connectivity index (χ0) is 24.5. The van der Waals surface area contributed by atoms with Crippen LogP contribution in [0.2, 0.25) is 0 Å². The Morgan fingerprint density at radius 3 is 2.91 bits per heavy atom. The van der Waals surface area contributed by atoms with Crippen molar-refractivity contribution in [3.8, 4) is 0 Å². The lowest BCUT2D eigenvalue weighted by Gasteiger charge is -2.33. The van der Waals surface area contributed by atoms with E-state index in [-0.39, 0.29) is 22.8 Å². The SMILES string of the molecule is CNc1cc(Nc2cccn(C3CCCN(CCF)C3)c2=O)nc2c(C(=O)N[C@@H]3C[C@@H]3F)cnn12. The van der Waals surface area contributed by atoms with E-state index in [0.717, 1.165) is 19.4 Å². The van der Waals surface area contributed by atoms with Crippen molar-refractivity contribution in [2.24, 2.45) is 0 Å². The second-order valence-electron chi connectivity index (χ2n) is 8.95. The molecular weight excluding hydrogens is 458 g/mol. The van der Waals surface area contributed by atoms with E-state index in [0.29, 0.717) is 36.8 Å². The number of pyridine rings is 1. The number of carbonyl (C=O) groups is 1. The van der Waals surface area contributed by atoms with E-state index in [2.05, 4.69) is 26.0 Å². The lowest BCUT2D eigenvalue weighted by molar-refractivity contribution is 0.0949. The van der Waals surface area contributed by atoms with Crippen molar-refractivity contribution in [1.82, 2.24) is 29.4 Å². The second-order valence-corrected chi connectivity index (χ2v) is 8.95. The monoisotopic (exact) mass is 486 g/mol. The van der Waals surface area contributed by atoms with E-state index in [1.165, 1.54) is 10.7 Å². The van der Waals surface area contributed by atoms with Gasteiger partial charge in [-0.3, -0.25) is 14.5 Å². The topological polar surface area (TPSA) is 109 Å². The first-order chi connectivity index (χ1) is 17.0. The molecule has 0 bridgehead atoms. The molecule has 1 aliphatic carbocycles. The van der Waals surface area contributed by atoms with E-state index < -0.39 is 24.8 Å². The first-order valence-corrected chi connectivity index (χ1v) is 11.8. The van der Waals surface area contributed by atoms with Crippen LogP contribution in [-0.2, 0) is 0 Å². The molecule has 12 heteroatoms. The number of piperidine rings is 1. The maximum Gasteiger partial charge on any atom is 0.274 e. The Morgan fingerprint density at radius 2 is 2.17 bits per heavy atom. The number of anilines is 3. The van der Waals surface area contributed by atoms with Crippen molar-refractivity contribution >= 4 is 28.9 Å². The van der Waals surface area contributed by atoms with Crippen molar-refractivity contribution in [2.75, 3.05) is 44.0 Å². The van der Waals surface area contributed by atoms with Crippen molar-refractivity contribution < 1.29 is 13.6 Å². The fourth-order valence-corrected chi connectivity index (χ4v) is 4.54. The fraction of sp³-hybridized carbons (Fsp3) is 0.478. The van der Waals surface area contributed by atoms with Crippen LogP contribution >= 0.6 is 0 Å². The molecule has 4 heterocycles. The van der Waals surface area contributed by atoms with Gasteiger partial charge in [-0.1, -0.05) is 0 Å². The quantitative estimate of drug-likeness (QED) is 0.448. The number of carbonyl (C=O) groups excluding carboxylic acids is 1. The highest BCUT2D eigenvalue weighted by Crippen LogP contribution is 2.27. The second kappa shape index (κ2) is 9.61. The van der Waals surface area contributed by atoms with Gasteiger partial charge in [-0.2, -0.15) is 9.61 Å². The number of nitrogens with zero attached hydrogens (tertiary/aromatic N) is 5. The number of likely N-dealkylation sites (tertiary alicyclic amines) is 1. The Bertz CT molecular complexity index is 1290. The molecule has 0 aromatic carbocycles. The molecule has 0 spiro atoms. The molecule has 3 atom stereocenters. The lowest BCUT2D eigenvalue weighted by Crippen LogP contribution is -2.40. The number of alkyl halides is 2. The van der Waals surface area contributed by atoms with Crippen LogP contribution in [0.3, 0.4) is 0 Å². The maximum atomic E-state index is 13.3. The van der Waals surface area contributed by atoms with Gasteiger partial charge >= 0.3 is 0 Å². The molecule has 1 amide bonds. The Kier molecular flexibility index (Phi) is 6.37. The first kappa shape index (κ1) is 23.2. The van der Waals surface area contributed by atoms with Gasteiger partial charge < -0.3 is 20.5 Å². The summed E-state index contributed by atoms with van der Waals surface area (Å²) in [6.07, 6.45) is 4.16. The highest BCUT2D eigenvalue weighted by atomic mass is 19.1. The van der Waals surface area contributed by atoms with Gasteiger partial charge in [-0.15, -0.1) is 0 Å². The number of halogens is 2. The van der Waals surface area contributed by atoms with Crippen molar-refractivity contribution in [1.29, 1.82) is 0 Å². The van der Waals surface area contributed by atoms with Crippen LogP contribution in [0.4, 0.5) is 26.1 Å². The predicted octanol–water partition coefficient (Wildman–Crippen LogP) is 2.12. The number of nitrogens with one attached hydrogen (secondary N) is 3. The summed E-state index contributed by atoms with van der Waals surface area (Å²) in [4.78, 5) is 32.5. The average molecular weight is 487 g/mol. The van der Waals surface area contributed by atoms with Gasteiger partial charge in [0, 0.05) is 44.9 Å². The van der Waals surface area contributed by atoms with E-state index in [4.69, 9.17) is 0 Å². The number of rotatable bonds is 8. The summed E-state index contributed by atoms with van der Waals surface area (Å²) in [6.45, 7) is 1.41. The standard InChI is InChI=1S/C23H28F2N8O2/c1-26-20-11-19(30-21-15(12-27-33(20)21)22(34)29-18-10-16(18)25)28-17-5-3-8-32(23(17)35)14-4-2-7-31(13-14)9-6-24/h3,5,8,11-12,14,16,18,26H,2,4,6-7,9-10,13H2,1H3,(H,28,30)(H,29,34)/t14?,16-,18+/m0/s1. The molecule has 2 fully saturated rings. The van der Waals surface area contributed by atoms with E-state index in [1.54, 1.807) is 36.0 Å². The molecule has 186 valence electrons. The molecule has 3 N–H and O–H groups in total. The molecule has 3 aromatic heterocycles. The average Bonchev–Trinajstić information content (AvgIpc) is 3.37. The van der Waals surface area contributed by atoms with Gasteiger partial charge in [0.2, 0.25) is 0 Å². The lowest BCUT2D eigenvalue weighted by atomic mass is 10.1. The van der Waals surface area contributed by atoms with Gasteiger partial charge in [0.15, 0.2) is 5.65 Å². The van der Waals surface area contributed by atoms with Gasteiger partial charge in [-0.25, -0.2) is 13.8 Å². The summed E-state index contributed by atoms with van der Waals surface area (Å²) in [7, 11) is 1.71. The molecule has 10 nitrogen and oxygen atoms in total. The minimum Gasteiger partial charge on any atom is -0.373 e. The molecule has 0 radical (unpaired) electrons. The molecule has 1 aliphatic heterocycles. The zero-order valence-electron chi connectivity index (χ0n) is 19.4. The summed E-state index contributed by atoms with van der Waals surface area (Å²) in [5.41, 5.74) is 0.613. The first-order valence-electron chi connectivity index (χ1n) is 11.8. The number of hydrogen-bond acceptors (Lipinski definition) is 7. The van der Waals surface area contributed by atoms with Gasteiger partial charge in [0.1, 0.15) is 35.7 Å². The van der Waals surface area contributed by atoms with Crippen LogP contribution in [0.1, 0.15) is 35.7 Å². The molecule has 35 heavy (non-hydrogen) atoms. The molecule has 5 rings (SSSR count). The molecule has 1 saturated heterocycles. The van der Waals surface area contributed by atoms with E-state index in [9.17, 15) is 18.4 Å². The summed E-state index contributed by atoms with van der Waals surface area (Å²) >= 11 is 0. The van der Waals surface area contributed by atoms with Crippen LogP contribution < -0.4 is 21.5 Å². The summed E-state index contributed by atoms with van der Waals surface area (Å²) in [5.74, 6) is 0.453. The number of aromatic nitrogens is 4. The molecule has 2 aliphatic rings. The predicted molar refractivity (Wildman–Crippen MR) is 128 cm³/mol. The number of amides is 1. The highest BCUT2D eigenvalue weighted by Gasteiger charge is 2.39. The van der Waals surface area contributed by atoms with Gasteiger partial charge in [0.25, 0.3) is 11.5 Å². The van der Waals surface area contributed by atoms with Crippen LogP contribution in [0.15, 0.2) is 35.4 Å². The third-order valence-corrected chi connectivity index (χ3v) is 6.51. The molecule has 3 aromatic rings. The third-order valence-electron chi connectivity index (χ3n) is 6.51. The van der Waals surface area contributed by atoms with Crippen molar-refractivity contribution in [2.45, 2.75) is 37.5 Å². The Balaban J connectivity index is 1.43. The highest BCUT2D eigenvalue weighted by molar-refractivity contribution is 6.00. The van der Waals surface area contributed by atoms with Crippen molar-refractivity contribution in [3.63, 3.8) is 0 Å². The minimum atomic E-state index is -1.02. The van der Waals surface area contributed by atoms with Crippen molar-refractivity contribution in [3.05, 3.63) is 46.5 Å². The molecular formula is C23H28F2N8O2. The maximum absolute atomic E-state index is 13.3. The third kappa shape index (κ3) is 4.70. The van der Waals surface area contributed by atoms with Gasteiger partial charge in [-0.05, 0) is 31.5 Å². The van der Waals surface area contributed by atoms with E-state index >= 15 is 0 Å². The summed E-state index contributed by atoms with van der Waals surface area (Å²) in [5, 5.41) is 13.0. The van der Waals surface area contributed by atoms with Crippen LogP contribution in [0.5, 0.6) is 0 Å². The smallest absolute Gasteiger partial charge is 0.274 e. The fourth-order valence-electron chi connectivity index (χ4n) is 4.54. The summed E-state index contributed by atoms with van der Waals surface area (Å²) < 4.78 is 29.2. The Labute approximate surface area is 200 Å². The normalized spacial score (nSPS) is 22.2. The number of fused-ring (bicyclic) bond motifs is 1. The largest absolute Gasteiger partial charge is 0.373 e. The molecule has 1 unspecified atom stereocenters. The van der Waals surface area contributed by atoms with Gasteiger partial charge in [0.05, 0.1) is 12.2 Å². The summed E-state index contributed by atoms with van der Waals surface area (Å²) in [6, 6.07) is 4.62. The Morgan fingerprint density at radius 1 is 1.34 bits per heavy atom. The van der Waals surface area contributed by atoms with Crippen LogP contribution in [0.25, 0.3) is 5.65 Å². The molecule has 1 saturated carbocycles.